The molecule has 0 unspecified atom stereocenters. The molecule has 2 aliphatic rings. The van der Waals surface area contributed by atoms with Crippen LogP contribution in [0.5, 0.6) is 11.5 Å². The number of methoxy groups -OCH3 is 1. The second-order valence-electron chi connectivity index (χ2n) is 9.43. The molecule has 2 heterocycles. The van der Waals surface area contributed by atoms with E-state index in [1.807, 2.05) is 30.3 Å². The Morgan fingerprint density at radius 2 is 1.49 bits per heavy atom. The summed E-state index contributed by atoms with van der Waals surface area (Å²) in [5.41, 5.74) is 1.97. The van der Waals surface area contributed by atoms with Gasteiger partial charge < -0.3 is 9.47 Å². The fourth-order valence-corrected chi connectivity index (χ4v) is 5.41. The van der Waals surface area contributed by atoms with Gasteiger partial charge in [0.2, 0.25) is 5.91 Å². The molecule has 6 rings (SSSR count). The molecule has 0 N–H and O–H groups in total. The first-order valence-electron chi connectivity index (χ1n) is 12.7. The van der Waals surface area contributed by atoms with Crippen LogP contribution < -0.4 is 19.4 Å². The van der Waals surface area contributed by atoms with Gasteiger partial charge in [-0.05, 0) is 60.2 Å². The number of anilines is 2. The Bertz CT molecular complexity index is 1650. The van der Waals surface area contributed by atoms with E-state index in [4.69, 9.17) is 37.5 Å². The monoisotopic (exact) mass is 588 g/mol. The van der Waals surface area contributed by atoms with Crippen molar-refractivity contribution in [2.24, 2.45) is 5.92 Å². The summed E-state index contributed by atoms with van der Waals surface area (Å²) in [5, 5.41) is 2.09. The fraction of sp³-hybridized carbons (Fsp3) is 0.129. The van der Waals surface area contributed by atoms with Gasteiger partial charge in [0.25, 0.3) is 5.91 Å². The van der Waals surface area contributed by atoms with Crippen molar-refractivity contribution in [1.82, 2.24) is 0 Å². The number of nitrogens with zero attached hydrogens (tertiary/aromatic N) is 2. The minimum atomic E-state index is -1.08. The van der Waals surface area contributed by atoms with Crippen LogP contribution in [-0.2, 0) is 14.4 Å². The van der Waals surface area contributed by atoms with E-state index < -0.39 is 35.8 Å². The number of hydroxylamine groups is 1. The number of ether oxygens (including phenoxy) is 2. The van der Waals surface area contributed by atoms with Crippen molar-refractivity contribution in [1.29, 1.82) is 0 Å². The van der Waals surface area contributed by atoms with Crippen molar-refractivity contribution < 1.29 is 28.7 Å². The smallest absolute Gasteiger partial charge is 0.343 e. The number of halogens is 2. The number of amides is 2. The van der Waals surface area contributed by atoms with E-state index in [1.165, 1.54) is 19.2 Å². The van der Waals surface area contributed by atoms with Crippen molar-refractivity contribution >= 4 is 52.4 Å². The number of fused-ring (bicyclic) bond motifs is 1. The summed E-state index contributed by atoms with van der Waals surface area (Å²) in [6.07, 6.45) is -1.08. The van der Waals surface area contributed by atoms with Gasteiger partial charge in [0.05, 0.1) is 40.1 Å². The van der Waals surface area contributed by atoms with Crippen molar-refractivity contribution in [2.75, 3.05) is 17.1 Å². The Hall–Kier alpha value is -4.37. The van der Waals surface area contributed by atoms with E-state index in [1.54, 1.807) is 59.7 Å². The number of carbonyl (C=O) groups is 3. The van der Waals surface area contributed by atoms with Crippen molar-refractivity contribution in [3.05, 3.63) is 118 Å². The maximum absolute atomic E-state index is 13.9. The number of rotatable bonds is 6. The van der Waals surface area contributed by atoms with Gasteiger partial charge in [-0.3, -0.25) is 14.4 Å². The van der Waals surface area contributed by atoms with Gasteiger partial charge in [-0.25, -0.2) is 14.8 Å². The van der Waals surface area contributed by atoms with E-state index in [0.29, 0.717) is 27.5 Å². The molecule has 2 saturated heterocycles. The first kappa shape index (κ1) is 26.8. The van der Waals surface area contributed by atoms with E-state index in [9.17, 15) is 14.4 Å². The molecule has 8 nitrogen and oxygen atoms in total. The third-order valence-corrected chi connectivity index (χ3v) is 7.77. The highest BCUT2D eigenvalue weighted by Gasteiger charge is 2.60. The third-order valence-electron chi connectivity index (χ3n) is 7.03. The molecule has 3 atom stereocenters. The SMILES string of the molecule is COc1cc([C@H]2[C@H]3C(=O)N(c4ccc(Cl)c(Cl)c4)C(=O)[C@H]3ON2c2ccccc2)ccc1OC(=O)c1ccccc1. The zero-order valence-corrected chi connectivity index (χ0v) is 23.1. The highest BCUT2D eigenvalue weighted by atomic mass is 35.5. The molecule has 0 bridgehead atoms. The summed E-state index contributed by atoms with van der Waals surface area (Å²) in [6, 6.07) is 26.6. The zero-order valence-electron chi connectivity index (χ0n) is 21.6. The molecule has 0 spiro atoms. The predicted octanol–water partition coefficient (Wildman–Crippen LogP) is 6.27. The molecule has 0 aromatic heterocycles. The summed E-state index contributed by atoms with van der Waals surface area (Å²) >= 11 is 12.2. The molecule has 4 aromatic carbocycles. The lowest BCUT2D eigenvalue weighted by Gasteiger charge is -2.29. The third kappa shape index (κ3) is 4.80. The Morgan fingerprint density at radius 1 is 0.780 bits per heavy atom. The largest absolute Gasteiger partial charge is 0.493 e. The molecular formula is C31H22Cl2N2O6. The lowest BCUT2D eigenvalue weighted by atomic mass is 9.90. The van der Waals surface area contributed by atoms with Gasteiger partial charge >= 0.3 is 5.97 Å². The molecular weight excluding hydrogens is 567 g/mol. The van der Waals surface area contributed by atoms with Crippen LogP contribution in [0.1, 0.15) is 22.0 Å². The minimum absolute atomic E-state index is 0.207. The van der Waals surface area contributed by atoms with Crippen LogP contribution in [0.3, 0.4) is 0 Å². The van der Waals surface area contributed by atoms with Gasteiger partial charge in [0, 0.05) is 0 Å². The maximum atomic E-state index is 13.9. The molecule has 206 valence electrons. The highest BCUT2D eigenvalue weighted by molar-refractivity contribution is 6.42. The Balaban J connectivity index is 1.38. The van der Waals surface area contributed by atoms with E-state index in [0.717, 1.165) is 4.90 Å². The summed E-state index contributed by atoms with van der Waals surface area (Å²) < 4.78 is 11.2. The zero-order chi connectivity index (χ0) is 28.7. The topological polar surface area (TPSA) is 85.4 Å². The fourth-order valence-electron chi connectivity index (χ4n) is 5.12. The molecule has 2 fully saturated rings. The Labute approximate surface area is 245 Å². The van der Waals surface area contributed by atoms with Gasteiger partial charge in [-0.15, -0.1) is 0 Å². The molecule has 0 saturated carbocycles. The van der Waals surface area contributed by atoms with E-state index in [-0.39, 0.29) is 16.5 Å². The molecule has 4 aromatic rings. The van der Waals surface area contributed by atoms with Gasteiger partial charge in [-0.1, -0.05) is 65.7 Å². The van der Waals surface area contributed by atoms with Crippen LogP contribution in [0, 0.1) is 5.92 Å². The first-order valence-corrected chi connectivity index (χ1v) is 13.4. The summed E-state index contributed by atoms with van der Waals surface area (Å²) in [7, 11) is 1.46. The number of benzene rings is 4. The average Bonchev–Trinajstić information content (AvgIpc) is 3.51. The summed E-state index contributed by atoms with van der Waals surface area (Å²) in [4.78, 5) is 47.4. The van der Waals surface area contributed by atoms with Crippen LogP contribution in [0.2, 0.25) is 10.0 Å². The minimum Gasteiger partial charge on any atom is -0.493 e. The molecule has 41 heavy (non-hydrogen) atoms. The van der Waals surface area contributed by atoms with Crippen LogP contribution in [0.25, 0.3) is 0 Å². The number of hydrogen-bond donors (Lipinski definition) is 0. The molecule has 2 amide bonds. The van der Waals surface area contributed by atoms with Crippen molar-refractivity contribution in [2.45, 2.75) is 12.1 Å². The number of para-hydroxylation sites is 1. The number of carbonyl (C=O) groups excluding carboxylic acids is 3. The lowest BCUT2D eigenvalue weighted by Crippen LogP contribution is -2.37. The Morgan fingerprint density at radius 3 is 2.17 bits per heavy atom. The van der Waals surface area contributed by atoms with Gasteiger partial charge in [-0.2, -0.15) is 0 Å². The average molecular weight is 589 g/mol. The molecule has 0 radical (unpaired) electrons. The number of esters is 1. The predicted molar refractivity (Wildman–Crippen MR) is 153 cm³/mol. The first-order chi connectivity index (χ1) is 19.9. The van der Waals surface area contributed by atoms with Crippen LogP contribution in [0.4, 0.5) is 11.4 Å². The Kier molecular flexibility index (Phi) is 7.13. The number of imide groups is 1. The van der Waals surface area contributed by atoms with E-state index >= 15 is 0 Å². The quantitative estimate of drug-likeness (QED) is 0.149. The van der Waals surface area contributed by atoms with Gasteiger partial charge in [0.1, 0.15) is 5.92 Å². The van der Waals surface area contributed by atoms with Crippen molar-refractivity contribution in [3.63, 3.8) is 0 Å². The van der Waals surface area contributed by atoms with E-state index in [2.05, 4.69) is 0 Å². The molecule has 0 aliphatic carbocycles. The maximum Gasteiger partial charge on any atom is 0.343 e. The van der Waals surface area contributed by atoms with Gasteiger partial charge in [0.15, 0.2) is 17.6 Å². The summed E-state index contributed by atoms with van der Waals surface area (Å²) in [6.45, 7) is 0. The molecule has 2 aliphatic heterocycles. The van der Waals surface area contributed by atoms with Crippen molar-refractivity contribution in [3.8, 4) is 11.5 Å². The number of hydrogen-bond acceptors (Lipinski definition) is 7. The normalized spacial score (nSPS) is 19.8. The van der Waals surface area contributed by atoms with Crippen LogP contribution >= 0.6 is 23.2 Å². The van der Waals surface area contributed by atoms with Crippen LogP contribution in [0.15, 0.2) is 97.1 Å². The highest BCUT2D eigenvalue weighted by Crippen LogP contribution is 2.49. The molecule has 10 heteroatoms. The standard InChI is InChI=1S/C31H22Cl2N2O6/c1-39-25-16-19(12-15-24(25)40-31(38)18-8-4-2-5-9-18)27-26-28(41-35(27)20-10-6-3-7-11-20)30(37)34(29(26)36)21-13-14-22(32)23(33)17-21/h2-17,26-28H,1H3/t26-,27+,28+/m1/s1. The lowest BCUT2D eigenvalue weighted by molar-refractivity contribution is -0.126. The second kappa shape index (κ2) is 10.9. The van der Waals surface area contributed by atoms with Crippen LogP contribution in [-0.4, -0.2) is 31.0 Å². The second-order valence-corrected chi connectivity index (χ2v) is 10.2. The summed E-state index contributed by atoms with van der Waals surface area (Å²) in [5.74, 6) is -1.90.